The first-order chi connectivity index (χ1) is 17.1. The van der Waals surface area contributed by atoms with Crippen LogP contribution >= 0.6 is 11.8 Å². The molecule has 0 radical (unpaired) electrons. The van der Waals surface area contributed by atoms with Crippen molar-refractivity contribution in [2.24, 2.45) is 0 Å². The van der Waals surface area contributed by atoms with E-state index in [2.05, 4.69) is 14.8 Å². The number of fused-ring (bicyclic) bond motifs is 1. The van der Waals surface area contributed by atoms with Crippen molar-refractivity contribution < 1.29 is 13.9 Å². The topological polar surface area (TPSA) is 79.4 Å². The maximum Gasteiger partial charge on any atom is 0.336 e. The van der Waals surface area contributed by atoms with Crippen molar-refractivity contribution in [3.8, 4) is 22.9 Å². The minimum Gasteiger partial charge on any atom is -0.493 e. The smallest absolute Gasteiger partial charge is 0.336 e. The van der Waals surface area contributed by atoms with Crippen LogP contribution in [0.3, 0.4) is 0 Å². The van der Waals surface area contributed by atoms with Gasteiger partial charge in [0.05, 0.1) is 14.2 Å². The summed E-state index contributed by atoms with van der Waals surface area (Å²) in [5, 5.41) is 11.0. The van der Waals surface area contributed by atoms with Crippen LogP contribution in [-0.2, 0) is 5.75 Å². The number of benzene rings is 2. The molecular formula is C27H29N3O4S. The molecule has 1 aliphatic rings. The average molecular weight is 492 g/mol. The summed E-state index contributed by atoms with van der Waals surface area (Å²) < 4.78 is 18.7. The molecule has 1 fully saturated rings. The van der Waals surface area contributed by atoms with Crippen molar-refractivity contribution in [3.05, 3.63) is 64.0 Å². The standard InChI is InChI=1S/C27H29N3O4S/c1-17-9-11-21-19(15-25(31)34-23(21)13-17)16-35-27-29-28-26(30(27)20-7-5-4-6-8-20)18-10-12-22(32-2)24(14-18)33-3/h9-15,20H,4-8,16H2,1-3H3. The maximum atomic E-state index is 12.2. The molecule has 1 aliphatic carbocycles. The zero-order valence-corrected chi connectivity index (χ0v) is 21.1. The fourth-order valence-electron chi connectivity index (χ4n) is 4.81. The number of rotatable bonds is 7. The monoisotopic (exact) mass is 491 g/mol. The predicted octanol–water partition coefficient (Wildman–Crippen LogP) is 6.17. The number of methoxy groups -OCH3 is 2. The lowest BCUT2D eigenvalue weighted by atomic mass is 9.95. The largest absolute Gasteiger partial charge is 0.493 e. The molecule has 0 amide bonds. The highest BCUT2D eigenvalue weighted by Crippen LogP contribution is 2.39. The summed E-state index contributed by atoms with van der Waals surface area (Å²) in [6.45, 7) is 1.99. The van der Waals surface area contributed by atoms with E-state index in [1.807, 2.05) is 43.3 Å². The minimum atomic E-state index is -0.335. The van der Waals surface area contributed by atoms with Gasteiger partial charge in [-0.25, -0.2) is 4.79 Å². The van der Waals surface area contributed by atoms with Crippen molar-refractivity contribution in [1.82, 2.24) is 14.8 Å². The van der Waals surface area contributed by atoms with E-state index in [-0.39, 0.29) is 5.63 Å². The third-order valence-electron chi connectivity index (χ3n) is 6.59. The second-order valence-electron chi connectivity index (χ2n) is 8.92. The van der Waals surface area contributed by atoms with Crippen LogP contribution in [0, 0.1) is 6.92 Å². The van der Waals surface area contributed by atoms with Gasteiger partial charge in [-0.05, 0) is 55.2 Å². The molecular weight excluding hydrogens is 462 g/mol. The number of thioether (sulfide) groups is 1. The zero-order valence-electron chi connectivity index (χ0n) is 20.2. The molecule has 5 rings (SSSR count). The lowest BCUT2D eigenvalue weighted by Gasteiger charge is -2.25. The first-order valence-corrected chi connectivity index (χ1v) is 12.9. The van der Waals surface area contributed by atoms with Gasteiger partial charge in [0.1, 0.15) is 5.58 Å². The average Bonchev–Trinajstić information content (AvgIpc) is 3.31. The molecule has 1 saturated carbocycles. The minimum absolute atomic E-state index is 0.335. The molecule has 4 aromatic rings. The Morgan fingerprint density at radius 3 is 2.57 bits per heavy atom. The van der Waals surface area contributed by atoms with Gasteiger partial charge >= 0.3 is 5.63 Å². The number of nitrogens with zero attached hydrogens (tertiary/aromatic N) is 3. The van der Waals surface area contributed by atoms with Crippen LogP contribution in [0.1, 0.15) is 49.3 Å². The molecule has 8 heteroatoms. The summed E-state index contributed by atoms with van der Waals surface area (Å²) in [7, 11) is 3.27. The first kappa shape index (κ1) is 23.5. The van der Waals surface area contributed by atoms with Crippen LogP contribution in [0.25, 0.3) is 22.4 Å². The van der Waals surface area contributed by atoms with Gasteiger partial charge in [-0.1, -0.05) is 43.2 Å². The van der Waals surface area contributed by atoms with Crippen LogP contribution in [-0.4, -0.2) is 29.0 Å². The molecule has 0 aliphatic heterocycles. The lowest BCUT2D eigenvalue weighted by Crippen LogP contribution is -2.15. The van der Waals surface area contributed by atoms with Crippen molar-refractivity contribution in [2.75, 3.05) is 14.2 Å². The fourth-order valence-corrected chi connectivity index (χ4v) is 5.81. The molecule has 0 spiro atoms. The van der Waals surface area contributed by atoms with E-state index in [0.29, 0.717) is 28.9 Å². The Morgan fingerprint density at radius 2 is 1.80 bits per heavy atom. The van der Waals surface area contributed by atoms with E-state index in [4.69, 9.17) is 13.9 Å². The van der Waals surface area contributed by atoms with E-state index in [1.54, 1.807) is 32.0 Å². The summed E-state index contributed by atoms with van der Waals surface area (Å²) in [4.78, 5) is 12.2. The summed E-state index contributed by atoms with van der Waals surface area (Å²) in [6, 6.07) is 13.7. The number of aryl methyl sites for hydroxylation is 1. The highest BCUT2D eigenvalue weighted by molar-refractivity contribution is 7.98. The van der Waals surface area contributed by atoms with E-state index in [1.165, 1.54) is 19.3 Å². The van der Waals surface area contributed by atoms with Crippen LogP contribution in [0.2, 0.25) is 0 Å². The lowest BCUT2D eigenvalue weighted by molar-refractivity contribution is 0.339. The summed E-state index contributed by atoms with van der Waals surface area (Å²) in [5.74, 6) is 2.77. The number of aromatic nitrogens is 3. The molecule has 0 saturated heterocycles. The Morgan fingerprint density at radius 1 is 1.00 bits per heavy atom. The normalized spacial score (nSPS) is 14.4. The third kappa shape index (κ3) is 4.80. The SMILES string of the molecule is COc1ccc(-c2nnc(SCc3cc(=O)oc4cc(C)ccc34)n2C2CCCCC2)cc1OC. The zero-order chi connectivity index (χ0) is 24.4. The summed E-state index contributed by atoms with van der Waals surface area (Å²) in [5.41, 5.74) is 3.22. The molecule has 0 unspecified atom stereocenters. The van der Waals surface area contributed by atoms with Crippen LogP contribution < -0.4 is 15.1 Å². The maximum absolute atomic E-state index is 12.2. The number of hydrogen-bond acceptors (Lipinski definition) is 7. The van der Waals surface area contributed by atoms with Gasteiger partial charge in [-0.2, -0.15) is 0 Å². The van der Waals surface area contributed by atoms with Gasteiger partial charge in [0.15, 0.2) is 22.5 Å². The van der Waals surface area contributed by atoms with Crippen molar-refractivity contribution >= 4 is 22.7 Å². The van der Waals surface area contributed by atoms with Gasteiger partial charge in [-0.3, -0.25) is 4.57 Å². The van der Waals surface area contributed by atoms with Gasteiger partial charge in [-0.15, -0.1) is 10.2 Å². The molecule has 0 atom stereocenters. The Hall–Kier alpha value is -3.26. The van der Waals surface area contributed by atoms with Crippen LogP contribution in [0.4, 0.5) is 0 Å². The highest BCUT2D eigenvalue weighted by Gasteiger charge is 2.25. The van der Waals surface area contributed by atoms with Crippen molar-refractivity contribution in [1.29, 1.82) is 0 Å². The Balaban J connectivity index is 1.52. The van der Waals surface area contributed by atoms with E-state index >= 15 is 0 Å². The quantitative estimate of drug-likeness (QED) is 0.226. The molecule has 7 nitrogen and oxygen atoms in total. The van der Waals surface area contributed by atoms with Crippen molar-refractivity contribution in [3.63, 3.8) is 0 Å². The van der Waals surface area contributed by atoms with Crippen LogP contribution in [0.15, 0.2) is 56.8 Å². The predicted molar refractivity (Wildman–Crippen MR) is 137 cm³/mol. The fraction of sp³-hybridized carbons (Fsp3) is 0.370. The summed E-state index contributed by atoms with van der Waals surface area (Å²) in [6.07, 6.45) is 5.86. The van der Waals surface area contributed by atoms with Gasteiger partial charge in [0.2, 0.25) is 0 Å². The molecule has 35 heavy (non-hydrogen) atoms. The Kier molecular flexibility index (Phi) is 6.81. The van der Waals surface area contributed by atoms with E-state index < -0.39 is 0 Å². The van der Waals surface area contributed by atoms with Gasteiger partial charge in [0, 0.05) is 28.8 Å². The first-order valence-electron chi connectivity index (χ1n) is 11.9. The number of ether oxygens (including phenoxy) is 2. The summed E-state index contributed by atoms with van der Waals surface area (Å²) >= 11 is 1.61. The van der Waals surface area contributed by atoms with E-state index in [9.17, 15) is 4.79 Å². The van der Waals surface area contributed by atoms with E-state index in [0.717, 1.165) is 45.9 Å². The second kappa shape index (κ2) is 10.2. The van der Waals surface area contributed by atoms with Crippen molar-refractivity contribution in [2.45, 2.75) is 56.0 Å². The van der Waals surface area contributed by atoms with Gasteiger partial charge in [0.25, 0.3) is 0 Å². The van der Waals surface area contributed by atoms with Crippen LogP contribution in [0.5, 0.6) is 11.5 Å². The highest BCUT2D eigenvalue weighted by atomic mass is 32.2. The molecule has 2 aromatic carbocycles. The molecule has 0 N–H and O–H groups in total. The molecule has 2 aromatic heterocycles. The van der Waals surface area contributed by atoms with Gasteiger partial charge < -0.3 is 13.9 Å². The number of hydrogen-bond donors (Lipinski definition) is 0. The molecule has 182 valence electrons. The second-order valence-corrected chi connectivity index (χ2v) is 9.86. The third-order valence-corrected chi connectivity index (χ3v) is 7.58. The molecule has 2 heterocycles. The Labute approximate surface area is 208 Å². The Bertz CT molecular complexity index is 1410. The molecule has 0 bridgehead atoms.